The van der Waals surface area contributed by atoms with Crippen molar-refractivity contribution < 1.29 is 0 Å². The molecule has 2 saturated carbocycles. The Balaban J connectivity index is 1.67. The van der Waals surface area contributed by atoms with Crippen LogP contribution in [-0.4, -0.2) is 22.3 Å². The lowest BCUT2D eigenvalue weighted by Crippen LogP contribution is -2.49. The second-order valence-corrected chi connectivity index (χ2v) is 7.29. The van der Waals surface area contributed by atoms with Crippen molar-refractivity contribution in [3.05, 3.63) is 22.8 Å². The maximum atomic E-state index is 9.63. The number of hydrogen-bond donors (Lipinski definition) is 1. The Morgan fingerprint density at radius 3 is 2.74 bits per heavy atom. The molecule has 0 radical (unpaired) electrons. The molecule has 2 aliphatic rings. The van der Waals surface area contributed by atoms with Crippen molar-refractivity contribution >= 4 is 27.7 Å². The molecular formula is C14H16BrN3S. The molecule has 19 heavy (non-hydrogen) atoms. The van der Waals surface area contributed by atoms with Gasteiger partial charge < -0.3 is 0 Å². The zero-order valence-electron chi connectivity index (χ0n) is 10.6. The van der Waals surface area contributed by atoms with Crippen molar-refractivity contribution in [2.45, 2.75) is 42.3 Å². The molecule has 0 bridgehead atoms. The lowest BCUT2D eigenvalue weighted by Gasteiger charge is -2.27. The van der Waals surface area contributed by atoms with Gasteiger partial charge >= 0.3 is 0 Å². The summed E-state index contributed by atoms with van der Waals surface area (Å²) in [5, 5.41) is 14.2. The fraction of sp³-hybridized carbons (Fsp3) is 0.571. The topological polar surface area (TPSA) is 48.7 Å². The number of aromatic nitrogens is 1. The Labute approximate surface area is 126 Å². The molecular weight excluding hydrogens is 322 g/mol. The van der Waals surface area contributed by atoms with Crippen LogP contribution < -0.4 is 5.32 Å². The molecule has 1 atom stereocenters. The van der Waals surface area contributed by atoms with Crippen LogP contribution in [0, 0.1) is 17.2 Å². The summed E-state index contributed by atoms with van der Waals surface area (Å²) < 4.78 is 0.988. The van der Waals surface area contributed by atoms with Gasteiger partial charge in [-0.25, -0.2) is 4.98 Å². The van der Waals surface area contributed by atoms with E-state index in [1.807, 2.05) is 18.3 Å². The maximum Gasteiger partial charge on any atom is 0.119 e. The number of thioether (sulfide) groups is 1. The fourth-order valence-corrected chi connectivity index (χ4v) is 3.52. The average molecular weight is 338 g/mol. The molecule has 1 heterocycles. The standard InChI is InChI=1S/C14H16BrN3S/c15-11-3-6-13(17-7-11)19-9-14(8-16,10-1-2-10)18-12-4-5-12/h3,6-7,10,12,18H,1-2,4-5,9H2. The second kappa shape index (κ2) is 5.43. The van der Waals surface area contributed by atoms with E-state index >= 15 is 0 Å². The van der Waals surface area contributed by atoms with Crippen molar-refractivity contribution in [3.8, 4) is 6.07 Å². The Morgan fingerprint density at radius 1 is 1.42 bits per heavy atom. The molecule has 1 aromatic rings. The predicted molar refractivity (Wildman–Crippen MR) is 79.9 cm³/mol. The van der Waals surface area contributed by atoms with E-state index in [-0.39, 0.29) is 5.54 Å². The zero-order valence-corrected chi connectivity index (χ0v) is 13.0. The largest absolute Gasteiger partial charge is 0.296 e. The third-order valence-electron chi connectivity index (χ3n) is 3.66. The first-order chi connectivity index (χ1) is 9.22. The lowest BCUT2D eigenvalue weighted by molar-refractivity contribution is 0.401. The van der Waals surface area contributed by atoms with Gasteiger partial charge in [0.2, 0.25) is 0 Å². The van der Waals surface area contributed by atoms with Gasteiger partial charge in [0.1, 0.15) is 5.54 Å². The molecule has 0 aliphatic heterocycles. The predicted octanol–water partition coefficient (Wildman–Crippen LogP) is 3.36. The highest BCUT2D eigenvalue weighted by atomic mass is 79.9. The van der Waals surface area contributed by atoms with Gasteiger partial charge in [-0.05, 0) is 59.7 Å². The molecule has 5 heteroatoms. The summed E-state index contributed by atoms with van der Waals surface area (Å²) >= 11 is 5.07. The molecule has 1 N–H and O–H groups in total. The monoisotopic (exact) mass is 337 g/mol. The minimum atomic E-state index is -0.347. The highest BCUT2D eigenvalue weighted by Gasteiger charge is 2.48. The van der Waals surface area contributed by atoms with Crippen LogP contribution in [0.15, 0.2) is 27.8 Å². The fourth-order valence-electron chi connectivity index (χ4n) is 2.24. The summed E-state index contributed by atoms with van der Waals surface area (Å²) in [4.78, 5) is 4.37. The highest BCUT2D eigenvalue weighted by Crippen LogP contribution is 2.43. The van der Waals surface area contributed by atoms with E-state index in [9.17, 15) is 5.26 Å². The van der Waals surface area contributed by atoms with Crippen LogP contribution in [0.2, 0.25) is 0 Å². The van der Waals surface area contributed by atoms with Crippen molar-refractivity contribution in [1.29, 1.82) is 5.26 Å². The van der Waals surface area contributed by atoms with E-state index < -0.39 is 0 Å². The van der Waals surface area contributed by atoms with E-state index in [0.717, 1.165) is 15.3 Å². The molecule has 0 saturated heterocycles. The third kappa shape index (κ3) is 3.31. The van der Waals surface area contributed by atoms with Gasteiger partial charge in [-0.3, -0.25) is 5.32 Å². The van der Waals surface area contributed by atoms with Crippen LogP contribution in [-0.2, 0) is 0 Å². The molecule has 3 rings (SSSR count). The molecule has 2 aliphatic carbocycles. The van der Waals surface area contributed by atoms with Crippen LogP contribution >= 0.6 is 27.7 Å². The Bertz CT molecular complexity index is 490. The molecule has 0 aromatic carbocycles. The van der Waals surface area contributed by atoms with Crippen LogP contribution in [0.25, 0.3) is 0 Å². The first-order valence-electron chi connectivity index (χ1n) is 6.65. The van der Waals surface area contributed by atoms with E-state index in [4.69, 9.17) is 0 Å². The van der Waals surface area contributed by atoms with E-state index in [2.05, 4.69) is 32.3 Å². The summed E-state index contributed by atoms with van der Waals surface area (Å²) in [6, 6.07) is 7.13. The number of nitrogens with one attached hydrogen (secondary N) is 1. The molecule has 0 spiro atoms. The Kier molecular flexibility index (Phi) is 3.84. The van der Waals surface area contributed by atoms with Gasteiger partial charge in [0, 0.05) is 22.5 Å². The van der Waals surface area contributed by atoms with Crippen LogP contribution in [0.3, 0.4) is 0 Å². The average Bonchev–Trinajstić information content (AvgIpc) is 3.28. The minimum Gasteiger partial charge on any atom is -0.296 e. The molecule has 0 amide bonds. The van der Waals surface area contributed by atoms with Crippen molar-refractivity contribution in [2.75, 3.05) is 5.75 Å². The number of nitriles is 1. The van der Waals surface area contributed by atoms with E-state index in [0.29, 0.717) is 12.0 Å². The van der Waals surface area contributed by atoms with Gasteiger partial charge in [0.25, 0.3) is 0 Å². The number of pyridine rings is 1. The maximum absolute atomic E-state index is 9.63. The lowest BCUT2D eigenvalue weighted by atomic mass is 9.97. The number of rotatable bonds is 6. The summed E-state index contributed by atoms with van der Waals surface area (Å²) in [7, 11) is 0. The number of hydrogen-bond acceptors (Lipinski definition) is 4. The van der Waals surface area contributed by atoms with Gasteiger partial charge in [0.05, 0.1) is 11.1 Å². The molecule has 100 valence electrons. The van der Waals surface area contributed by atoms with Crippen LogP contribution in [0.4, 0.5) is 0 Å². The number of nitrogens with zero attached hydrogens (tertiary/aromatic N) is 2. The quantitative estimate of drug-likeness (QED) is 0.808. The summed E-state index contributed by atoms with van der Waals surface area (Å²) in [6.07, 6.45) is 6.61. The summed E-state index contributed by atoms with van der Waals surface area (Å²) in [5.74, 6) is 1.32. The highest BCUT2D eigenvalue weighted by molar-refractivity contribution is 9.10. The first-order valence-corrected chi connectivity index (χ1v) is 8.43. The Morgan fingerprint density at radius 2 is 2.21 bits per heavy atom. The SMILES string of the molecule is N#CC(CSc1ccc(Br)cn1)(NC1CC1)C1CC1. The first kappa shape index (κ1) is 13.4. The minimum absolute atomic E-state index is 0.347. The summed E-state index contributed by atoms with van der Waals surface area (Å²) in [5.41, 5.74) is -0.347. The molecule has 3 nitrogen and oxygen atoms in total. The third-order valence-corrected chi connectivity index (χ3v) is 5.27. The van der Waals surface area contributed by atoms with Crippen molar-refractivity contribution in [2.24, 2.45) is 5.92 Å². The van der Waals surface area contributed by atoms with Crippen molar-refractivity contribution in [1.82, 2.24) is 10.3 Å². The van der Waals surface area contributed by atoms with Crippen molar-refractivity contribution in [3.63, 3.8) is 0 Å². The second-order valence-electron chi connectivity index (χ2n) is 5.38. The molecule has 1 aromatic heterocycles. The van der Waals surface area contributed by atoms with Gasteiger partial charge in [0.15, 0.2) is 0 Å². The molecule has 2 fully saturated rings. The van der Waals surface area contributed by atoms with Crippen LogP contribution in [0.5, 0.6) is 0 Å². The summed E-state index contributed by atoms with van der Waals surface area (Å²) in [6.45, 7) is 0. The zero-order chi connectivity index (χ0) is 13.3. The molecule has 1 unspecified atom stereocenters. The Hall–Kier alpha value is -0.570. The number of halogens is 1. The van der Waals surface area contributed by atoms with E-state index in [1.165, 1.54) is 25.7 Å². The normalized spacial score (nSPS) is 21.7. The van der Waals surface area contributed by atoms with Gasteiger partial charge in [-0.15, -0.1) is 11.8 Å². The van der Waals surface area contributed by atoms with Crippen LogP contribution in [0.1, 0.15) is 25.7 Å². The van der Waals surface area contributed by atoms with E-state index in [1.54, 1.807) is 11.8 Å². The smallest absolute Gasteiger partial charge is 0.119 e. The van der Waals surface area contributed by atoms with Gasteiger partial charge in [-0.2, -0.15) is 5.26 Å². The van der Waals surface area contributed by atoms with Gasteiger partial charge in [-0.1, -0.05) is 0 Å².